The number of hydrogen-bond acceptors (Lipinski definition) is 1. The molecule has 0 fully saturated rings. The maximum absolute atomic E-state index is 12.7. The van der Waals surface area contributed by atoms with Crippen LogP contribution in [0.3, 0.4) is 0 Å². The number of hydrogen-bond donors (Lipinski definition) is 1. The monoisotopic (exact) mass is 252 g/mol. The zero-order chi connectivity index (χ0) is 13.4. The summed E-state index contributed by atoms with van der Waals surface area (Å²) in [6.07, 6.45) is 2.99. The number of rotatable bonds is 6. The van der Waals surface area contributed by atoms with Crippen molar-refractivity contribution < 1.29 is 9.18 Å². The Morgan fingerprint density at radius 2 is 1.83 bits per heavy atom. The van der Waals surface area contributed by atoms with Gasteiger partial charge in [0.15, 0.2) is 0 Å². The molecule has 0 saturated carbocycles. The van der Waals surface area contributed by atoms with Crippen molar-refractivity contribution in [2.75, 3.05) is 18.4 Å². The van der Waals surface area contributed by atoms with E-state index in [0.29, 0.717) is 5.69 Å². The molecule has 0 heterocycles. The molecule has 1 rings (SSSR count). The molecular formula is C14H21FN2O. The van der Waals surface area contributed by atoms with Crippen molar-refractivity contribution in [3.8, 4) is 0 Å². The number of carbonyl (C=O) groups excluding carboxylic acids is 1. The van der Waals surface area contributed by atoms with Crippen LogP contribution >= 0.6 is 0 Å². The van der Waals surface area contributed by atoms with Crippen molar-refractivity contribution in [2.45, 2.75) is 33.1 Å². The van der Waals surface area contributed by atoms with E-state index in [4.69, 9.17) is 0 Å². The highest BCUT2D eigenvalue weighted by Gasteiger charge is 2.11. The average molecular weight is 252 g/mol. The molecule has 0 saturated heterocycles. The maximum Gasteiger partial charge on any atom is 0.321 e. The maximum atomic E-state index is 12.7. The lowest BCUT2D eigenvalue weighted by molar-refractivity contribution is 0.211. The van der Waals surface area contributed by atoms with Gasteiger partial charge in [0.1, 0.15) is 5.82 Å². The SMILES string of the molecule is CCCCN(CCC)C(=O)Nc1ccc(F)cc1. The molecule has 4 heteroatoms. The van der Waals surface area contributed by atoms with E-state index in [1.54, 1.807) is 17.0 Å². The molecule has 1 N–H and O–H groups in total. The predicted molar refractivity (Wildman–Crippen MR) is 72.2 cm³/mol. The molecule has 100 valence electrons. The van der Waals surface area contributed by atoms with Crippen LogP contribution < -0.4 is 5.32 Å². The Labute approximate surface area is 108 Å². The summed E-state index contributed by atoms with van der Waals surface area (Å²) in [4.78, 5) is 13.8. The first kappa shape index (κ1) is 14.5. The number of nitrogens with zero attached hydrogens (tertiary/aromatic N) is 1. The Balaban J connectivity index is 2.57. The largest absolute Gasteiger partial charge is 0.325 e. The van der Waals surface area contributed by atoms with Crippen LogP contribution in [0.5, 0.6) is 0 Å². The Morgan fingerprint density at radius 1 is 1.17 bits per heavy atom. The first-order chi connectivity index (χ1) is 8.67. The number of anilines is 1. The number of unbranched alkanes of at least 4 members (excludes halogenated alkanes) is 1. The van der Waals surface area contributed by atoms with Crippen molar-refractivity contribution in [2.24, 2.45) is 0 Å². The third-order valence-corrected chi connectivity index (χ3v) is 2.66. The van der Waals surface area contributed by atoms with Gasteiger partial charge in [-0.15, -0.1) is 0 Å². The van der Waals surface area contributed by atoms with Gasteiger partial charge in [0.05, 0.1) is 0 Å². The zero-order valence-electron chi connectivity index (χ0n) is 11.1. The van der Waals surface area contributed by atoms with Gasteiger partial charge < -0.3 is 10.2 Å². The van der Waals surface area contributed by atoms with Crippen LogP contribution in [-0.4, -0.2) is 24.0 Å². The van der Waals surface area contributed by atoms with Crippen molar-refractivity contribution in [1.29, 1.82) is 0 Å². The number of urea groups is 1. The van der Waals surface area contributed by atoms with Gasteiger partial charge >= 0.3 is 6.03 Å². The topological polar surface area (TPSA) is 32.3 Å². The minimum absolute atomic E-state index is 0.114. The highest BCUT2D eigenvalue weighted by molar-refractivity contribution is 5.89. The van der Waals surface area contributed by atoms with Gasteiger partial charge in [-0.2, -0.15) is 0 Å². The molecule has 0 aliphatic rings. The quantitative estimate of drug-likeness (QED) is 0.819. The van der Waals surface area contributed by atoms with Gasteiger partial charge in [0, 0.05) is 18.8 Å². The van der Waals surface area contributed by atoms with Crippen molar-refractivity contribution in [1.82, 2.24) is 4.90 Å². The molecule has 0 aromatic heterocycles. The summed E-state index contributed by atoms with van der Waals surface area (Å²) in [5, 5.41) is 2.78. The van der Waals surface area contributed by atoms with E-state index in [-0.39, 0.29) is 11.8 Å². The van der Waals surface area contributed by atoms with E-state index in [2.05, 4.69) is 12.2 Å². The molecular weight excluding hydrogens is 231 g/mol. The zero-order valence-corrected chi connectivity index (χ0v) is 11.1. The average Bonchev–Trinajstić information content (AvgIpc) is 2.37. The molecule has 3 nitrogen and oxygen atoms in total. The molecule has 0 spiro atoms. The molecule has 18 heavy (non-hydrogen) atoms. The Hall–Kier alpha value is -1.58. The van der Waals surface area contributed by atoms with Crippen molar-refractivity contribution in [3.63, 3.8) is 0 Å². The van der Waals surface area contributed by atoms with Gasteiger partial charge in [-0.3, -0.25) is 0 Å². The lowest BCUT2D eigenvalue weighted by atomic mass is 10.3. The molecule has 2 amide bonds. The highest BCUT2D eigenvalue weighted by atomic mass is 19.1. The van der Waals surface area contributed by atoms with Gasteiger partial charge in [0.2, 0.25) is 0 Å². The number of benzene rings is 1. The van der Waals surface area contributed by atoms with Crippen LogP contribution in [0.1, 0.15) is 33.1 Å². The minimum Gasteiger partial charge on any atom is -0.325 e. The molecule has 1 aromatic carbocycles. The van der Waals surface area contributed by atoms with Gasteiger partial charge in [0.25, 0.3) is 0 Å². The fraction of sp³-hybridized carbons (Fsp3) is 0.500. The third-order valence-electron chi connectivity index (χ3n) is 2.66. The van der Waals surface area contributed by atoms with E-state index < -0.39 is 0 Å². The predicted octanol–water partition coefficient (Wildman–Crippen LogP) is 3.87. The molecule has 0 unspecified atom stereocenters. The lowest BCUT2D eigenvalue weighted by Gasteiger charge is -2.22. The molecule has 0 aliphatic heterocycles. The van der Waals surface area contributed by atoms with E-state index in [1.807, 2.05) is 6.92 Å². The molecule has 0 radical (unpaired) electrons. The van der Waals surface area contributed by atoms with Crippen LogP contribution in [0.2, 0.25) is 0 Å². The summed E-state index contributed by atoms with van der Waals surface area (Å²) in [5.41, 5.74) is 0.624. The van der Waals surface area contributed by atoms with Crippen molar-refractivity contribution >= 4 is 11.7 Å². The second-order valence-corrected chi connectivity index (χ2v) is 4.28. The summed E-state index contributed by atoms with van der Waals surface area (Å²) in [6.45, 7) is 5.65. The summed E-state index contributed by atoms with van der Waals surface area (Å²) in [7, 11) is 0. The van der Waals surface area contributed by atoms with Crippen LogP contribution in [0.15, 0.2) is 24.3 Å². The van der Waals surface area contributed by atoms with Gasteiger partial charge in [-0.1, -0.05) is 20.3 Å². The lowest BCUT2D eigenvalue weighted by Crippen LogP contribution is -2.36. The van der Waals surface area contributed by atoms with Crippen molar-refractivity contribution in [3.05, 3.63) is 30.1 Å². The summed E-state index contributed by atoms with van der Waals surface area (Å²) in [5.74, 6) is -0.301. The smallest absolute Gasteiger partial charge is 0.321 e. The van der Waals surface area contributed by atoms with E-state index in [0.717, 1.165) is 32.4 Å². The number of halogens is 1. The fourth-order valence-corrected chi connectivity index (χ4v) is 1.67. The summed E-state index contributed by atoms with van der Waals surface area (Å²) >= 11 is 0. The Bertz CT molecular complexity index is 365. The standard InChI is InChI=1S/C14H21FN2O/c1-3-5-11-17(10-4-2)14(18)16-13-8-6-12(15)7-9-13/h6-9H,3-5,10-11H2,1-2H3,(H,16,18). The first-order valence-electron chi connectivity index (χ1n) is 6.48. The third kappa shape index (κ3) is 4.73. The Morgan fingerprint density at radius 3 is 2.39 bits per heavy atom. The number of nitrogens with one attached hydrogen (secondary N) is 1. The molecule has 0 atom stereocenters. The van der Waals surface area contributed by atoms with Gasteiger partial charge in [-0.05, 0) is 37.1 Å². The Kier molecular flexibility index (Phi) is 6.19. The van der Waals surface area contributed by atoms with Crippen LogP contribution in [0.4, 0.5) is 14.9 Å². The first-order valence-corrected chi connectivity index (χ1v) is 6.48. The molecule has 1 aromatic rings. The molecule has 0 bridgehead atoms. The van der Waals surface area contributed by atoms with Crippen LogP contribution in [-0.2, 0) is 0 Å². The second-order valence-electron chi connectivity index (χ2n) is 4.28. The van der Waals surface area contributed by atoms with Gasteiger partial charge in [-0.25, -0.2) is 9.18 Å². The van der Waals surface area contributed by atoms with E-state index in [1.165, 1.54) is 12.1 Å². The normalized spacial score (nSPS) is 10.2. The fourth-order valence-electron chi connectivity index (χ4n) is 1.67. The molecule has 0 aliphatic carbocycles. The number of amides is 2. The summed E-state index contributed by atoms with van der Waals surface area (Å²) in [6, 6.07) is 5.70. The van der Waals surface area contributed by atoms with E-state index >= 15 is 0 Å². The highest BCUT2D eigenvalue weighted by Crippen LogP contribution is 2.10. The second kappa shape index (κ2) is 7.69. The van der Waals surface area contributed by atoms with Crippen LogP contribution in [0, 0.1) is 5.82 Å². The summed E-state index contributed by atoms with van der Waals surface area (Å²) < 4.78 is 12.7. The minimum atomic E-state index is -0.301. The van der Waals surface area contributed by atoms with Crippen LogP contribution in [0.25, 0.3) is 0 Å². The number of carbonyl (C=O) groups is 1. The van der Waals surface area contributed by atoms with E-state index in [9.17, 15) is 9.18 Å².